The van der Waals surface area contributed by atoms with Crippen molar-refractivity contribution < 1.29 is 19.5 Å². The lowest BCUT2D eigenvalue weighted by Crippen LogP contribution is -2.52. The monoisotopic (exact) mass is 397 g/mol. The third kappa shape index (κ3) is 3.65. The van der Waals surface area contributed by atoms with Crippen molar-refractivity contribution in [1.29, 1.82) is 0 Å². The fourth-order valence-corrected chi connectivity index (χ4v) is 3.74. The highest BCUT2D eigenvalue weighted by Crippen LogP contribution is 2.29. The second-order valence-electron chi connectivity index (χ2n) is 8.39. The average Bonchev–Trinajstić information content (AvgIpc) is 3.26. The lowest BCUT2D eigenvalue weighted by molar-refractivity contribution is -0.136. The smallest absolute Gasteiger partial charge is 0.255 e. The average molecular weight is 397 g/mol. The number of nitrogens with one attached hydrogen (secondary N) is 1. The highest BCUT2D eigenvalue weighted by molar-refractivity contribution is 6.05. The summed E-state index contributed by atoms with van der Waals surface area (Å²) in [6.07, 6.45) is 2.94. The van der Waals surface area contributed by atoms with E-state index < -0.39 is 11.9 Å². The number of aromatic nitrogens is 3. The number of rotatable bonds is 5. The third-order valence-electron chi connectivity index (χ3n) is 5.40. The Bertz CT molecular complexity index is 997. The molecule has 9 heteroatoms. The Morgan fingerprint density at radius 3 is 2.79 bits per heavy atom. The summed E-state index contributed by atoms with van der Waals surface area (Å²) in [7, 11) is 0. The molecular formula is C20H23N5O4. The lowest BCUT2D eigenvalue weighted by Gasteiger charge is -2.29. The Kier molecular flexibility index (Phi) is 4.70. The Morgan fingerprint density at radius 2 is 2.07 bits per heavy atom. The van der Waals surface area contributed by atoms with Gasteiger partial charge in [-0.1, -0.05) is 25.1 Å². The summed E-state index contributed by atoms with van der Waals surface area (Å²) < 4.78 is 1.60. The van der Waals surface area contributed by atoms with Crippen LogP contribution in [0.3, 0.4) is 0 Å². The summed E-state index contributed by atoms with van der Waals surface area (Å²) in [5.74, 6) is -0.947. The summed E-state index contributed by atoms with van der Waals surface area (Å²) in [4.78, 5) is 38.0. The summed E-state index contributed by atoms with van der Waals surface area (Å²) in [6, 6.07) is 4.83. The van der Waals surface area contributed by atoms with Crippen LogP contribution in [-0.2, 0) is 22.6 Å². The first-order valence-electron chi connectivity index (χ1n) is 9.57. The molecular weight excluding hydrogens is 374 g/mol. The van der Waals surface area contributed by atoms with Crippen LogP contribution in [0.1, 0.15) is 48.3 Å². The van der Waals surface area contributed by atoms with Crippen molar-refractivity contribution in [3.63, 3.8) is 0 Å². The van der Waals surface area contributed by atoms with Crippen LogP contribution in [0.15, 0.2) is 24.4 Å². The van der Waals surface area contributed by atoms with Crippen molar-refractivity contribution in [3.05, 3.63) is 41.2 Å². The largest absolute Gasteiger partial charge is 0.396 e. The van der Waals surface area contributed by atoms with Gasteiger partial charge in [0.2, 0.25) is 11.8 Å². The zero-order valence-electron chi connectivity index (χ0n) is 16.4. The van der Waals surface area contributed by atoms with E-state index in [2.05, 4.69) is 15.6 Å². The maximum atomic E-state index is 12.9. The molecule has 2 aromatic rings. The molecule has 1 aromatic heterocycles. The summed E-state index contributed by atoms with van der Waals surface area (Å²) in [5, 5.41) is 20.0. The van der Waals surface area contributed by atoms with E-state index in [1.54, 1.807) is 16.9 Å². The van der Waals surface area contributed by atoms with Gasteiger partial charge in [0.25, 0.3) is 5.91 Å². The van der Waals surface area contributed by atoms with Crippen molar-refractivity contribution in [3.8, 4) is 5.69 Å². The first-order valence-corrected chi connectivity index (χ1v) is 9.57. The number of carbonyl (C=O) groups is 3. The van der Waals surface area contributed by atoms with Gasteiger partial charge in [0, 0.05) is 31.6 Å². The van der Waals surface area contributed by atoms with Gasteiger partial charge in [-0.05, 0) is 29.5 Å². The molecule has 0 saturated carbocycles. The molecule has 1 unspecified atom stereocenters. The van der Waals surface area contributed by atoms with Crippen molar-refractivity contribution in [1.82, 2.24) is 25.2 Å². The normalized spacial score (nSPS) is 19.5. The van der Waals surface area contributed by atoms with Crippen molar-refractivity contribution in [2.75, 3.05) is 6.61 Å². The van der Waals surface area contributed by atoms with Gasteiger partial charge in [-0.15, -0.1) is 5.10 Å². The van der Waals surface area contributed by atoms with Crippen LogP contribution in [0.5, 0.6) is 0 Å². The topological polar surface area (TPSA) is 117 Å². The third-order valence-corrected chi connectivity index (χ3v) is 5.40. The first kappa shape index (κ1) is 19.3. The minimum Gasteiger partial charge on any atom is -0.396 e. The minimum absolute atomic E-state index is 0.0450. The molecule has 0 bridgehead atoms. The lowest BCUT2D eigenvalue weighted by atomic mass is 9.89. The van der Waals surface area contributed by atoms with Gasteiger partial charge in [-0.2, -0.15) is 0 Å². The zero-order valence-corrected chi connectivity index (χ0v) is 16.4. The van der Waals surface area contributed by atoms with E-state index in [1.165, 1.54) is 4.90 Å². The Balaban J connectivity index is 1.55. The van der Waals surface area contributed by atoms with E-state index in [1.807, 2.05) is 26.0 Å². The van der Waals surface area contributed by atoms with Gasteiger partial charge < -0.3 is 10.0 Å². The van der Waals surface area contributed by atoms with E-state index in [4.69, 9.17) is 0 Å². The molecule has 2 N–H and O–H groups in total. The number of benzene rings is 1. The van der Waals surface area contributed by atoms with Crippen LogP contribution in [0, 0.1) is 5.41 Å². The molecule has 3 amide bonds. The molecule has 3 heterocycles. The Labute approximate surface area is 167 Å². The molecule has 29 heavy (non-hydrogen) atoms. The van der Waals surface area contributed by atoms with E-state index in [0.717, 1.165) is 11.3 Å². The zero-order chi connectivity index (χ0) is 20.8. The highest BCUT2D eigenvalue weighted by Gasteiger charge is 2.39. The molecule has 9 nitrogen and oxygen atoms in total. The van der Waals surface area contributed by atoms with Crippen LogP contribution >= 0.6 is 0 Å². The number of hydrogen-bond donors (Lipinski definition) is 2. The number of carbonyl (C=O) groups excluding carboxylic acids is 3. The number of piperidine rings is 1. The van der Waals surface area contributed by atoms with Crippen LogP contribution in [-0.4, -0.2) is 55.4 Å². The number of nitrogens with zero attached hydrogens (tertiary/aromatic N) is 4. The highest BCUT2D eigenvalue weighted by atomic mass is 16.3. The van der Waals surface area contributed by atoms with Gasteiger partial charge in [0.1, 0.15) is 6.04 Å². The van der Waals surface area contributed by atoms with E-state index >= 15 is 0 Å². The molecule has 1 atom stereocenters. The predicted molar refractivity (Wildman–Crippen MR) is 102 cm³/mol. The second kappa shape index (κ2) is 7.07. The van der Waals surface area contributed by atoms with Crippen LogP contribution in [0.2, 0.25) is 0 Å². The van der Waals surface area contributed by atoms with Gasteiger partial charge in [0.15, 0.2) is 0 Å². The molecule has 152 valence electrons. The van der Waals surface area contributed by atoms with Crippen molar-refractivity contribution in [2.45, 2.75) is 45.7 Å². The van der Waals surface area contributed by atoms with Crippen molar-refractivity contribution in [2.24, 2.45) is 5.41 Å². The van der Waals surface area contributed by atoms with Gasteiger partial charge in [-0.25, -0.2) is 4.68 Å². The number of fused-ring (bicyclic) bond motifs is 1. The van der Waals surface area contributed by atoms with E-state index in [-0.39, 0.29) is 30.3 Å². The predicted octanol–water partition coefficient (Wildman–Crippen LogP) is 0.589. The molecule has 0 radical (unpaired) electrons. The molecule has 1 fully saturated rings. The van der Waals surface area contributed by atoms with Gasteiger partial charge >= 0.3 is 0 Å². The summed E-state index contributed by atoms with van der Waals surface area (Å²) >= 11 is 0. The first-order chi connectivity index (χ1) is 13.8. The van der Waals surface area contributed by atoms with Gasteiger partial charge in [0.05, 0.1) is 17.6 Å². The fourth-order valence-electron chi connectivity index (χ4n) is 3.74. The van der Waals surface area contributed by atoms with Gasteiger partial charge in [-0.3, -0.25) is 19.7 Å². The molecule has 2 aliphatic rings. The number of aliphatic hydroxyl groups is 1. The van der Waals surface area contributed by atoms with E-state index in [0.29, 0.717) is 30.6 Å². The summed E-state index contributed by atoms with van der Waals surface area (Å²) in [5.41, 5.74) is 2.52. The van der Waals surface area contributed by atoms with E-state index in [9.17, 15) is 19.5 Å². The number of hydrogen-bond acceptors (Lipinski definition) is 6. The molecule has 1 saturated heterocycles. The van der Waals surface area contributed by atoms with Crippen LogP contribution in [0.25, 0.3) is 5.69 Å². The standard InChI is InChI=1S/C20H23N5O4/c1-20(2,11-26)8-13-10-25(23-22-13)14-4-3-12-9-24(19(29)15(12)7-14)16-5-6-17(27)21-18(16)28/h3-4,7,10,16,26H,5-6,8-9,11H2,1-2H3,(H,21,27,28). The maximum Gasteiger partial charge on any atom is 0.255 e. The quantitative estimate of drug-likeness (QED) is 0.713. The molecule has 4 rings (SSSR count). The number of amides is 3. The molecule has 1 aromatic carbocycles. The molecule has 2 aliphatic heterocycles. The van der Waals surface area contributed by atoms with Crippen LogP contribution in [0.4, 0.5) is 0 Å². The molecule has 0 aliphatic carbocycles. The Morgan fingerprint density at radius 1 is 1.28 bits per heavy atom. The van der Waals surface area contributed by atoms with Crippen molar-refractivity contribution >= 4 is 17.7 Å². The number of aliphatic hydroxyl groups excluding tert-OH is 1. The summed E-state index contributed by atoms with van der Waals surface area (Å²) in [6.45, 7) is 4.28. The number of imide groups is 1. The fraction of sp³-hybridized carbons (Fsp3) is 0.450. The second-order valence-corrected chi connectivity index (χ2v) is 8.39. The Hall–Kier alpha value is -3.07. The molecule has 0 spiro atoms. The minimum atomic E-state index is -0.630. The van der Waals surface area contributed by atoms with Crippen LogP contribution < -0.4 is 5.32 Å². The SMILES string of the molecule is CC(C)(CO)Cc1cn(-c2ccc3c(c2)C(=O)N(C2CCC(=O)NC2=O)C3)nn1. The maximum absolute atomic E-state index is 12.9.